The first-order chi connectivity index (χ1) is 7.15. The van der Waals surface area contributed by atoms with Crippen LogP contribution in [0.2, 0.25) is 5.02 Å². The summed E-state index contributed by atoms with van der Waals surface area (Å²) in [6.07, 6.45) is 0.749. The number of carbonyl (C=O) groups excluding carboxylic acids is 1. The van der Waals surface area contributed by atoms with Crippen molar-refractivity contribution >= 4 is 23.2 Å². The highest BCUT2D eigenvalue weighted by molar-refractivity contribution is 6.31. The lowest BCUT2D eigenvalue weighted by Gasteiger charge is -2.06. The van der Waals surface area contributed by atoms with Crippen molar-refractivity contribution in [2.45, 2.75) is 6.42 Å². The molecule has 15 heavy (non-hydrogen) atoms. The minimum Gasteiger partial charge on any atom is -0.398 e. The van der Waals surface area contributed by atoms with E-state index in [0.29, 0.717) is 29.4 Å². The number of benzene rings is 1. The standard InChI is InChI=1S/C10H14ClN3O/c11-7-2-3-8(9(13)6-7)10(15)14-5-1-4-12/h2-3,6H,1,4-5,12-13H2,(H,14,15). The van der Waals surface area contributed by atoms with Gasteiger partial charge in [-0.1, -0.05) is 11.6 Å². The highest BCUT2D eigenvalue weighted by atomic mass is 35.5. The van der Waals surface area contributed by atoms with Gasteiger partial charge in [-0.3, -0.25) is 4.79 Å². The van der Waals surface area contributed by atoms with Gasteiger partial charge in [0.05, 0.1) is 5.56 Å². The van der Waals surface area contributed by atoms with Crippen molar-refractivity contribution in [2.75, 3.05) is 18.8 Å². The van der Waals surface area contributed by atoms with Crippen LogP contribution in [0.3, 0.4) is 0 Å². The molecule has 0 radical (unpaired) electrons. The van der Waals surface area contributed by atoms with Crippen LogP contribution >= 0.6 is 11.6 Å². The number of carbonyl (C=O) groups is 1. The summed E-state index contributed by atoms with van der Waals surface area (Å²) in [4.78, 5) is 11.6. The van der Waals surface area contributed by atoms with Crippen LogP contribution < -0.4 is 16.8 Å². The third kappa shape index (κ3) is 3.42. The summed E-state index contributed by atoms with van der Waals surface area (Å²) in [5, 5.41) is 3.24. The minimum atomic E-state index is -0.197. The molecule has 0 fully saturated rings. The Morgan fingerprint density at radius 1 is 1.47 bits per heavy atom. The van der Waals surface area contributed by atoms with E-state index in [1.54, 1.807) is 18.2 Å². The number of hydrogen-bond acceptors (Lipinski definition) is 3. The molecule has 82 valence electrons. The third-order valence-electron chi connectivity index (χ3n) is 1.92. The largest absolute Gasteiger partial charge is 0.398 e. The van der Waals surface area contributed by atoms with E-state index < -0.39 is 0 Å². The summed E-state index contributed by atoms with van der Waals surface area (Å²) in [7, 11) is 0. The molecule has 0 spiro atoms. The lowest BCUT2D eigenvalue weighted by molar-refractivity contribution is 0.0954. The maximum atomic E-state index is 11.6. The van der Waals surface area contributed by atoms with Gasteiger partial charge in [-0.25, -0.2) is 0 Å². The molecule has 5 heteroatoms. The van der Waals surface area contributed by atoms with Crippen molar-refractivity contribution in [3.8, 4) is 0 Å². The van der Waals surface area contributed by atoms with Gasteiger partial charge in [0.15, 0.2) is 0 Å². The Labute approximate surface area is 93.6 Å². The number of nitrogens with one attached hydrogen (secondary N) is 1. The Balaban J connectivity index is 2.65. The molecule has 1 aromatic carbocycles. The first kappa shape index (κ1) is 11.8. The van der Waals surface area contributed by atoms with E-state index in [-0.39, 0.29) is 5.91 Å². The fourth-order valence-corrected chi connectivity index (χ4v) is 1.32. The average Bonchev–Trinajstić information content (AvgIpc) is 2.17. The van der Waals surface area contributed by atoms with Gasteiger partial charge in [0.2, 0.25) is 0 Å². The second kappa shape index (κ2) is 5.58. The van der Waals surface area contributed by atoms with Crippen molar-refractivity contribution in [3.63, 3.8) is 0 Å². The van der Waals surface area contributed by atoms with E-state index in [1.807, 2.05) is 0 Å². The molecule has 1 rings (SSSR count). The molecule has 0 bridgehead atoms. The molecule has 1 aromatic rings. The van der Waals surface area contributed by atoms with Gasteiger partial charge in [0, 0.05) is 17.3 Å². The molecule has 0 heterocycles. The maximum Gasteiger partial charge on any atom is 0.253 e. The average molecular weight is 228 g/mol. The number of anilines is 1. The van der Waals surface area contributed by atoms with Gasteiger partial charge in [-0.05, 0) is 31.2 Å². The van der Waals surface area contributed by atoms with Gasteiger partial charge in [0.1, 0.15) is 0 Å². The molecule has 5 N–H and O–H groups in total. The van der Waals surface area contributed by atoms with E-state index in [4.69, 9.17) is 23.1 Å². The quantitative estimate of drug-likeness (QED) is 0.530. The molecular weight excluding hydrogens is 214 g/mol. The zero-order chi connectivity index (χ0) is 11.3. The van der Waals surface area contributed by atoms with Crippen LogP contribution in [0.4, 0.5) is 5.69 Å². The molecule has 0 saturated carbocycles. The molecule has 0 aliphatic rings. The van der Waals surface area contributed by atoms with Crippen LogP contribution in [0, 0.1) is 0 Å². The SMILES string of the molecule is NCCCNC(=O)c1ccc(Cl)cc1N. The van der Waals surface area contributed by atoms with Crippen LogP contribution in [-0.2, 0) is 0 Å². The van der Waals surface area contributed by atoms with Crippen molar-refractivity contribution in [2.24, 2.45) is 5.73 Å². The summed E-state index contributed by atoms with van der Waals surface area (Å²) in [5.74, 6) is -0.197. The molecule has 0 aliphatic heterocycles. The topological polar surface area (TPSA) is 81.1 Å². The molecule has 0 aromatic heterocycles. The fourth-order valence-electron chi connectivity index (χ4n) is 1.14. The van der Waals surface area contributed by atoms with Gasteiger partial charge < -0.3 is 16.8 Å². The zero-order valence-corrected chi connectivity index (χ0v) is 9.05. The van der Waals surface area contributed by atoms with Gasteiger partial charge in [-0.15, -0.1) is 0 Å². The van der Waals surface area contributed by atoms with Crippen molar-refractivity contribution in [3.05, 3.63) is 28.8 Å². The first-order valence-corrected chi connectivity index (χ1v) is 5.06. The van der Waals surface area contributed by atoms with Crippen LogP contribution in [0.1, 0.15) is 16.8 Å². The first-order valence-electron chi connectivity index (χ1n) is 4.68. The molecule has 0 atom stereocenters. The Hall–Kier alpha value is -1.26. The number of nitrogens with two attached hydrogens (primary N) is 2. The Kier molecular flexibility index (Phi) is 4.39. The van der Waals surface area contributed by atoms with E-state index >= 15 is 0 Å². The second-order valence-electron chi connectivity index (χ2n) is 3.13. The summed E-state index contributed by atoms with van der Waals surface area (Å²) >= 11 is 5.72. The summed E-state index contributed by atoms with van der Waals surface area (Å²) in [6, 6.07) is 4.80. The molecule has 0 unspecified atom stereocenters. The molecule has 0 saturated heterocycles. The van der Waals surface area contributed by atoms with Crippen LogP contribution in [0.15, 0.2) is 18.2 Å². The van der Waals surface area contributed by atoms with Gasteiger partial charge >= 0.3 is 0 Å². The monoisotopic (exact) mass is 227 g/mol. The zero-order valence-electron chi connectivity index (χ0n) is 8.29. The molecule has 4 nitrogen and oxygen atoms in total. The third-order valence-corrected chi connectivity index (χ3v) is 2.16. The number of amides is 1. The predicted molar refractivity (Wildman–Crippen MR) is 61.9 cm³/mol. The minimum absolute atomic E-state index is 0.197. The molecule has 0 aliphatic carbocycles. The number of nitrogen functional groups attached to an aromatic ring is 1. The number of rotatable bonds is 4. The van der Waals surface area contributed by atoms with Crippen LogP contribution in [0.5, 0.6) is 0 Å². The fraction of sp³-hybridized carbons (Fsp3) is 0.300. The lowest BCUT2D eigenvalue weighted by atomic mass is 10.1. The summed E-state index contributed by atoms with van der Waals surface area (Å²) < 4.78 is 0. The van der Waals surface area contributed by atoms with Gasteiger partial charge in [0.25, 0.3) is 5.91 Å². The van der Waals surface area contributed by atoms with Gasteiger partial charge in [-0.2, -0.15) is 0 Å². The Bertz CT molecular complexity index is 355. The number of halogens is 1. The highest BCUT2D eigenvalue weighted by Crippen LogP contribution is 2.17. The van der Waals surface area contributed by atoms with Crippen molar-refractivity contribution in [1.29, 1.82) is 0 Å². The maximum absolute atomic E-state index is 11.6. The van der Waals surface area contributed by atoms with Crippen molar-refractivity contribution < 1.29 is 4.79 Å². The van der Waals surface area contributed by atoms with E-state index in [0.717, 1.165) is 6.42 Å². The predicted octanol–water partition coefficient (Wildman–Crippen LogP) is 1.00. The molecular formula is C10H14ClN3O. The smallest absolute Gasteiger partial charge is 0.253 e. The van der Waals surface area contributed by atoms with E-state index in [2.05, 4.69) is 5.32 Å². The van der Waals surface area contributed by atoms with E-state index in [1.165, 1.54) is 0 Å². The highest BCUT2D eigenvalue weighted by Gasteiger charge is 2.08. The van der Waals surface area contributed by atoms with Crippen LogP contribution in [0.25, 0.3) is 0 Å². The lowest BCUT2D eigenvalue weighted by Crippen LogP contribution is -2.26. The van der Waals surface area contributed by atoms with Crippen LogP contribution in [-0.4, -0.2) is 19.0 Å². The summed E-state index contributed by atoms with van der Waals surface area (Å²) in [5.41, 5.74) is 11.8. The summed E-state index contributed by atoms with van der Waals surface area (Å²) in [6.45, 7) is 1.10. The Morgan fingerprint density at radius 3 is 2.80 bits per heavy atom. The van der Waals surface area contributed by atoms with Crippen molar-refractivity contribution in [1.82, 2.24) is 5.32 Å². The normalized spacial score (nSPS) is 10.0. The molecule has 1 amide bonds. The van der Waals surface area contributed by atoms with E-state index in [9.17, 15) is 4.79 Å². The second-order valence-corrected chi connectivity index (χ2v) is 3.57. The Morgan fingerprint density at radius 2 is 2.20 bits per heavy atom. The number of hydrogen-bond donors (Lipinski definition) is 3.